The number of pyridine rings is 1. The van der Waals surface area contributed by atoms with Crippen molar-refractivity contribution in [1.82, 2.24) is 0 Å². The molecule has 4 aromatic rings. The van der Waals surface area contributed by atoms with E-state index in [1.165, 1.54) is 44.8 Å². The Kier molecular flexibility index (Phi) is 3.73. The van der Waals surface area contributed by atoms with Crippen molar-refractivity contribution >= 4 is 0 Å². The van der Waals surface area contributed by atoms with E-state index in [-0.39, 0.29) is 5.41 Å². The van der Waals surface area contributed by atoms with Gasteiger partial charge in [0.1, 0.15) is 0 Å². The van der Waals surface area contributed by atoms with Crippen LogP contribution in [0.3, 0.4) is 0 Å². The molecular weight excluding hydrogens is 338 g/mol. The zero-order valence-corrected chi connectivity index (χ0v) is 16.6. The molecular formula is C27H24N+. The van der Waals surface area contributed by atoms with E-state index >= 15 is 0 Å². The third-order valence-corrected chi connectivity index (χ3v) is 6.02. The van der Waals surface area contributed by atoms with Crippen molar-refractivity contribution in [2.75, 3.05) is 0 Å². The fourth-order valence-electron chi connectivity index (χ4n) is 4.50. The molecule has 1 heterocycles. The largest absolute Gasteiger partial charge is 0.218 e. The first kappa shape index (κ1) is 16.9. The van der Waals surface area contributed by atoms with Gasteiger partial charge in [0.2, 0.25) is 11.4 Å². The van der Waals surface area contributed by atoms with Gasteiger partial charge in [-0.25, -0.2) is 0 Å². The molecule has 0 spiro atoms. The Morgan fingerprint density at radius 1 is 0.679 bits per heavy atom. The number of aromatic nitrogens is 1. The van der Waals surface area contributed by atoms with Crippen LogP contribution in [0, 0.1) is 6.92 Å². The summed E-state index contributed by atoms with van der Waals surface area (Å²) >= 11 is 0. The van der Waals surface area contributed by atoms with Gasteiger partial charge in [0.05, 0.1) is 0 Å². The molecule has 28 heavy (non-hydrogen) atoms. The highest BCUT2D eigenvalue weighted by Gasteiger charge is 2.36. The molecule has 0 aliphatic heterocycles. The Labute approximate surface area is 166 Å². The molecule has 0 atom stereocenters. The van der Waals surface area contributed by atoms with E-state index in [0.29, 0.717) is 0 Å². The van der Waals surface area contributed by atoms with Crippen LogP contribution >= 0.6 is 0 Å². The molecule has 1 aliphatic rings. The van der Waals surface area contributed by atoms with E-state index in [9.17, 15) is 0 Å². The quantitative estimate of drug-likeness (QED) is 0.371. The lowest BCUT2D eigenvalue weighted by atomic mass is 9.82. The van der Waals surface area contributed by atoms with Gasteiger partial charge < -0.3 is 0 Å². The second kappa shape index (κ2) is 6.17. The number of rotatable bonds is 2. The Bertz CT molecular complexity index is 1190. The van der Waals surface area contributed by atoms with Crippen LogP contribution in [0.25, 0.3) is 28.1 Å². The minimum Gasteiger partial charge on any atom is -0.160 e. The summed E-state index contributed by atoms with van der Waals surface area (Å²) < 4.78 is 2.29. The zero-order valence-electron chi connectivity index (χ0n) is 16.6. The van der Waals surface area contributed by atoms with Gasteiger partial charge in [0, 0.05) is 35.2 Å². The fraction of sp³-hybridized carbons (Fsp3) is 0.148. The minimum atomic E-state index is 0.00888. The molecule has 3 aromatic carbocycles. The van der Waals surface area contributed by atoms with Crippen LogP contribution in [0.5, 0.6) is 0 Å². The molecule has 1 aromatic heterocycles. The monoisotopic (exact) mass is 362 g/mol. The molecule has 0 unspecified atom stereocenters. The molecule has 1 aliphatic carbocycles. The Morgan fingerprint density at radius 3 is 2.14 bits per heavy atom. The maximum absolute atomic E-state index is 2.37. The molecule has 136 valence electrons. The van der Waals surface area contributed by atoms with Gasteiger partial charge in [-0.3, -0.25) is 0 Å². The van der Waals surface area contributed by atoms with E-state index in [0.717, 1.165) is 0 Å². The van der Waals surface area contributed by atoms with E-state index in [2.05, 4.69) is 116 Å². The van der Waals surface area contributed by atoms with E-state index < -0.39 is 0 Å². The number of nitrogens with zero attached hydrogens (tertiary/aromatic N) is 1. The van der Waals surface area contributed by atoms with Crippen LogP contribution in [0.15, 0.2) is 91.1 Å². The summed E-state index contributed by atoms with van der Waals surface area (Å²) in [7, 11) is 0. The Hall–Kier alpha value is -3.19. The lowest BCUT2D eigenvalue weighted by molar-refractivity contribution is -0.584. The van der Waals surface area contributed by atoms with Crippen LogP contribution in [0.4, 0.5) is 0 Å². The van der Waals surface area contributed by atoms with Gasteiger partial charge in [-0.2, -0.15) is 4.57 Å². The molecule has 0 amide bonds. The first-order valence-corrected chi connectivity index (χ1v) is 9.88. The summed E-state index contributed by atoms with van der Waals surface area (Å²) in [5, 5.41) is 0. The number of fused-ring (bicyclic) bond motifs is 3. The molecule has 0 bridgehead atoms. The summed E-state index contributed by atoms with van der Waals surface area (Å²) in [6.07, 6.45) is 2.16. The highest BCUT2D eigenvalue weighted by molar-refractivity contribution is 5.81. The van der Waals surface area contributed by atoms with Crippen LogP contribution in [0.1, 0.15) is 30.5 Å². The van der Waals surface area contributed by atoms with Crippen molar-refractivity contribution in [2.45, 2.75) is 26.2 Å². The van der Waals surface area contributed by atoms with Crippen molar-refractivity contribution in [3.05, 3.63) is 108 Å². The molecule has 1 heteroatoms. The van der Waals surface area contributed by atoms with Gasteiger partial charge in [-0.15, -0.1) is 0 Å². The van der Waals surface area contributed by atoms with Crippen LogP contribution in [-0.2, 0) is 5.41 Å². The van der Waals surface area contributed by atoms with Crippen LogP contribution in [-0.4, -0.2) is 0 Å². The molecule has 0 radical (unpaired) electrons. The number of hydrogen-bond acceptors (Lipinski definition) is 0. The Morgan fingerprint density at radius 2 is 1.36 bits per heavy atom. The van der Waals surface area contributed by atoms with Crippen molar-refractivity contribution in [3.63, 3.8) is 0 Å². The van der Waals surface area contributed by atoms with Crippen molar-refractivity contribution in [3.8, 4) is 28.1 Å². The summed E-state index contributed by atoms with van der Waals surface area (Å²) in [5.41, 5.74) is 10.5. The van der Waals surface area contributed by atoms with Crippen molar-refractivity contribution < 1.29 is 4.57 Å². The maximum Gasteiger partial charge on any atom is 0.218 e. The molecule has 1 nitrogen and oxygen atoms in total. The molecule has 0 saturated carbocycles. The zero-order chi connectivity index (χ0) is 19.3. The first-order valence-electron chi connectivity index (χ1n) is 9.88. The van der Waals surface area contributed by atoms with Gasteiger partial charge in [-0.1, -0.05) is 55.8 Å². The summed E-state index contributed by atoms with van der Waals surface area (Å²) in [6, 6.07) is 30.7. The maximum atomic E-state index is 2.37. The second-order valence-electron chi connectivity index (χ2n) is 8.23. The van der Waals surface area contributed by atoms with Crippen LogP contribution in [0.2, 0.25) is 0 Å². The number of hydrogen-bond donors (Lipinski definition) is 0. The highest BCUT2D eigenvalue weighted by Crippen LogP contribution is 2.49. The molecule has 0 saturated heterocycles. The normalized spacial score (nSPS) is 13.8. The average molecular weight is 362 g/mol. The van der Waals surface area contributed by atoms with Crippen molar-refractivity contribution in [2.24, 2.45) is 0 Å². The lowest BCUT2D eigenvalue weighted by Crippen LogP contribution is -2.33. The smallest absolute Gasteiger partial charge is 0.160 e. The fourth-order valence-corrected chi connectivity index (χ4v) is 4.50. The predicted octanol–water partition coefficient (Wildman–Crippen LogP) is 6.25. The summed E-state index contributed by atoms with van der Waals surface area (Å²) in [4.78, 5) is 0. The van der Waals surface area contributed by atoms with E-state index in [4.69, 9.17) is 0 Å². The SMILES string of the molecule is Cc1ccc2c(c1)C(C)(C)c1cc(-[n+]3ccccc3-c3ccccc3)ccc1-2. The van der Waals surface area contributed by atoms with E-state index in [1.54, 1.807) is 0 Å². The minimum absolute atomic E-state index is 0.00888. The topological polar surface area (TPSA) is 3.88 Å². The first-order chi connectivity index (χ1) is 13.6. The molecule has 0 N–H and O–H groups in total. The Balaban J connectivity index is 1.69. The van der Waals surface area contributed by atoms with Gasteiger partial charge >= 0.3 is 0 Å². The summed E-state index contributed by atoms with van der Waals surface area (Å²) in [5.74, 6) is 0. The van der Waals surface area contributed by atoms with Gasteiger partial charge in [0.25, 0.3) is 0 Å². The predicted molar refractivity (Wildman–Crippen MR) is 116 cm³/mol. The van der Waals surface area contributed by atoms with Crippen LogP contribution < -0.4 is 4.57 Å². The van der Waals surface area contributed by atoms with Gasteiger partial charge in [0.15, 0.2) is 6.20 Å². The van der Waals surface area contributed by atoms with Gasteiger partial charge in [-0.05, 0) is 53.4 Å². The van der Waals surface area contributed by atoms with E-state index in [1.807, 2.05) is 0 Å². The van der Waals surface area contributed by atoms with Crippen molar-refractivity contribution in [1.29, 1.82) is 0 Å². The second-order valence-corrected chi connectivity index (χ2v) is 8.23. The molecule has 5 rings (SSSR count). The molecule has 0 fully saturated rings. The lowest BCUT2D eigenvalue weighted by Gasteiger charge is -2.21. The third kappa shape index (κ3) is 2.51. The average Bonchev–Trinajstić information content (AvgIpc) is 2.95. The highest BCUT2D eigenvalue weighted by atomic mass is 15.0. The standard InChI is InChI=1S/C27H24N/c1-19-12-14-22-23-15-13-21(18-25(23)27(2,3)24(22)17-19)28-16-8-7-11-26(28)20-9-5-4-6-10-20/h4-18H,1-3H3/q+1. The number of aryl methyl sites for hydroxylation is 1. The summed E-state index contributed by atoms with van der Waals surface area (Å²) in [6.45, 7) is 6.86. The number of benzene rings is 3. The third-order valence-electron chi connectivity index (χ3n) is 6.02.